The fraction of sp³-hybridized carbons (Fsp3) is 0.208. The number of halogens is 2. The molecular formula is C24H24Cl2N2O3S. The van der Waals surface area contributed by atoms with Crippen LogP contribution in [0, 0.1) is 6.92 Å². The van der Waals surface area contributed by atoms with Crippen LogP contribution in [0.2, 0.25) is 10.0 Å². The fourth-order valence-electron chi connectivity index (χ4n) is 3.35. The minimum absolute atomic E-state index is 0.0441. The van der Waals surface area contributed by atoms with Crippen LogP contribution in [0.3, 0.4) is 0 Å². The summed E-state index contributed by atoms with van der Waals surface area (Å²) in [6.07, 6.45) is 0. The quantitative estimate of drug-likeness (QED) is 0.424. The summed E-state index contributed by atoms with van der Waals surface area (Å²) in [6, 6.07) is 18.2. The molecule has 0 unspecified atom stereocenters. The van der Waals surface area contributed by atoms with Crippen molar-refractivity contribution in [2.45, 2.75) is 31.6 Å². The minimum atomic E-state index is -4.09. The molecule has 0 spiro atoms. The van der Waals surface area contributed by atoms with Crippen molar-refractivity contribution in [1.82, 2.24) is 0 Å². The van der Waals surface area contributed by atoms with Gasteiger partial charge in [0.1, 0.15) is 6.54 Å². The summed E-state index contributed by atoms with van der Waals surface area (Å²) < 4.78 is 27.9. The molecule has 0 radical (unpaired) electrons. The third-order valence-corrected chi connectivity index (χ3v) is 7.32. The number of para-hydroxylation sites is 1. The highest BCUT2D eigenvalue weighted by molar-refractivity contribution is 7.92. The molecule has 168 valence electrons. The monoisotopic (exact) mass is 490 g/mol. The number of hydrogen-bond donors (Lipinski definition) is 1. The van der Waals surface area contributed by atoms with Gasteiger partial charge in [0, 0.05) is 10.7 Å². The lowest BCUT2D eigenvalue weighted by molar-refractivity contribution is -0.114. The van der Waals surface area contributed by atoms with Crippen molar-refractivity contribution in [2.75, 3.05) is 16.2 Å². The molecule has 32 heavy (non-hydrogen) atoms. The number of aryl methyl sites for hydroxylation is 1. The van der Waals surface area contributed by atoms with Gasteiger partial charge in [-0.3, -0.25) is 9.10 Å². The summed E-state index contributed by atoms with van der Waals surface area (Å²) in [5.41, 5.74) is 2.67. The Kier molecular flexibility index (Phi) is 7.49. The first-order chi connectivity index (χ1) is 15.1. The Morgan fingerprint density at radius 3 is 2.34 bits per heavy atom. The Morgan fingerprint density at radius 1 is 1.00 bits per heavy atom. The van der Waals surface area contributed by atoms with Crippen LogP contribution in [-0.2, 0) is 14.8 Å². The molecule has 0 saturated heterocycles. The normalized spacial score (nSPS) is 11.4. The lowest BCUT2D eigenvalue weighted by Crippen LogP contribution is -2.38. The molecule has 5 nitrogen and oxygen atoms in total. The Labute approximate surface area is 199 Å². The Hall–Kier alpha value is -2.54. The van der Waals surface area contributed by atoms with E-state index in [-0.39, 0.29) is 21.5 Å². The van der Waals surface area contributed by atoms with Crippen molar-refractivity contribution < 1.29 is 13.2 Å². The molecule has 3 aromatic rings. The van der Waals surface area contributed by atoms with E-state index in [1.165, 1.54) is 24.3 Å². The topological polar surface area (TPSA) is 66.5 Å². The van der Waals surface area contributed by atoms with Crippen molar-refractivity contribution in [2.24, 2.45) is 0 Å². The van der Waals surface area contributed by atoms with Crippen molar-refractivity contribution in [3.05, 3.63) is 87.9 Å². The average Bonchev–Trinajstić information content (AvgIpc) is 2.75. The van der Waals surface area contributed by atoms with E-state index >= 15 is 0 Å². The van der Waals surface area contributed by atoms with Gasteiger partial charge >= 0.3 is 0 Å². The zero-order valence-electron chi connectivity index (χ0n) is 18.0. The number of rotatable bonds is 7. The van der Waals surface area contributed by atoms with E-state index in [0.717, 1.165) is 15.4 Å². The molecule has 0 fully saturated rings. The minimum Gasteiger partial charge on any atom is -0.324 e. The number of nitrogens with zero attached hydrogens (tertiary/aromatic N) is 1. The van der Waals surface area contributed by atoms with Crippen molar-refractivity contribution in [1.29, 1.82) is 0 Å². The van der Waals surface area contributed by atoms with Crippen LogP contribution in [0.25, 0.3) is 0 Å². The maximum absolute atomic E-state index is 13.5. The lowest BCUT2D eigenvalue weighted by atomic mass is 9.98. The number of amides is 1. The summed E-state index contributed by atoms with van der Waals surface area (Å²) in [5, 5.41) is 3.37. The number of sulfonamides is 1. The Morgan fingerprint density at radius 2 is 1.69 bits per heavy atom. The SMILES string of the molecule is Cc1cccc(C(C)C)c1NC(=O)CN(c1cc(Cl)ccc1Cl)S(=O)(=O)c1ccccc1. The molecule has 0 aliphatic heterocycles. The van der Waals surface area contributed by atoms with E-state index in [4.69, 9.17) is 23.2 Å². The van der Waals surface area contributed by atoms with Gasteiger partial charge in [-0.2, -0.15) is 0 Å². The van der Waals surface area contributed by atoms with E-state index in [1.807, 2.05) is 39.0 Å². The number of nitrogens with one attached hydrogen (secondary N) is 1. The average molecular weight is 491 g/mol. The largest absolute Gasteiger partial charge is 0.324 e. The molecule has 3 rings (SSSR count). The van der Waals surface area contributed by atoms with E-state index in [0.29, 0.717) is 10.7 Å². The number of anilines is 2. The highest BCUT2D eigenvalue weighted by Crippen LogP contribution is 2.33. The smallest absolute Gasteiger partial charge is 0.264 e. The van der Waals surface area contributed by atoms with Crippen LogP contribution in [-0.4, -0.2) is 20.9 Å². The molecule has 0 heterocycles. The Balaban J connectivity index is 2.03. The second kappa shape index (κ2) is 9.94. The standard InChI is InChI=1S/C24H24Cl2N2O3S/c1-16(2)20-11-7-8-17(3)24(20)27-23(29)15-28(22-14-18(25)12-13-21(22)26)32(30,31)19-9-5-4-6-10-19/h4-14,16H,15H2,1-3H3,(H,27,29). The summed E-state index contributed by atoms with van der Waals surface area (Å²) in [4.78, 5) is 13.1. The predicted molar refractivity (Wildman–Crippen MR) is 131 cm³/mol. The maximum atomic E-state index is 13.5. The van der Waals surface area contributed by atoms with Crippen LogP contribution in [0.1, 0.15) is 30.9 Å². The van der Waals surface area contributed by atoms with Gasteiger partial charge in [-0.1, -0.05) is 73.4 Å². The van der Waals surface area contributed by atoms with Gasteiger partial charge in [-0.05, 0) is 54.3 Å². The summed E-state index contributed by atoms with van der Waals surface area (Å²) >= 11 is 12.4. The number of hydrogen-bond acceptors (Lipinski definition) is 3. The van der Waals surface area contributed by atoms with Crippen LogP contribution in [0.5, 0.6) is 0 Å². The van der Waals surface area contributed by atoms with Crippen molar-refractivity contribution >= 4 is 50.5 Å². The molecule has 8 heteroatoms. The van der Waals surface area contributed by atoms with Crippen LogP contribution < -0.4 is 9.62 Å². The van der Waals surface area contributed by atoms with E-state index in [1.54, 1.807) is 24.3 Å². The second-order valence-corrected chi connectivity index (χ2v) is 10.4. The van der Waals surface area contributed by atoms with Crippen LogP contribution >= 0.6 is 23.2 Å². The van der Waals surface area contributed by atoms with Gasteiger partial charge in [-0.25, -0.2) is 8.42 Å². The first-order valence-electron chi connectivity index (χ1n) is 10.0. The first-order valence-corrected chi connectivity index (χ1v) is 12.2. The van der Waals surface area contributed by atoms with Gasteiger partial charge in [0.15, 0.2) is 0 Å². The van der Waals surface area contributed by atoms with Gasteiger partial charge in [-0.15, -0.1) is 0 Å². The van der Waals surface area contributed by atoms with Crippen LogP contribution in [0.15, 0.2) is 71.6 Å². The molecule has 0 atom stereocenters. The molecule has 0 saturated carbocycles. The molecule has 1 N–H and O–H groups in total. The number of carbonyl (C=O) groups is 1. The third-order valence-electron chi connectivity index (χ3n) is 4.99. The van der Waals surface area contributed by atoms with Gasteiger partial charge in [0.25, 0.3) is 10.0 Å². The van der Waals surface area contributed by atoms with Crippen molar-refractivity contribution in [3.8, 4) is 0 Å². The molecule has 0 aromatic heterocycles. The highest BCUT2D eigenvalue weighted by Gasteiger charge is 2.29. The molecular weight excluding hydrogens is 467 g/mol. The van der Waals surface area contributed by atoms with Crippen molar-refractivity contribution in [3.63, 3.8) is 0 Å². The number of benzene rings is 3. The van der Waals surface area contributed by atoms with Gasteiger partial charge in [0.05, 0.1) is 15.6 Å². The molecule has 0 aliphatic rings. The molecule has 0 bridgehead atoms. The summed E-state index contributed by atoms with van der Waals surface area (Å²) in [6.45, 7) is 5.49. The predicted octanol–water partition coefficient (Wildman–Crippen LogP) is 6.26. The fourth-order valence-corrected chi connectivity index (χ4v) is 5.24. The zero-order valence-corrected chi connectivity index (χ0v) is 20.3. The van der Waals surface area contributed by atoms with E-state index < -0.39 is 22.5 Å². The second-order valence-electron chi connectivity index (χ2n) is 7.66. The first kappa shape index (κ1) is 24.1. The van der Waals surface area contributed by atoms with Gasteiger partial charge in [0.2, 0.25) is 5.91 Å². The van der Waals surface area contributed by atoms with Crippen LogP contribution in [0.4, 0.5) is 11.4 Å². The lowest BCUT2D eigenvalue weighted by Gasteiger charge is -2.26. The molecule has 3 aromatic carbocycles. The highest BCUT2D eigenvalue weighted by atomic mass is 35.5. The van der Waals surface area contributed by atoms with E-state index in [2.05, 4.69) is 5.32 Å². The summed E-state index contributed by atoms with van der Waals surface area (Å²) in [7, 11) is -4.09. The Bertz CT molecular complexity index is 1230. The van der Waals surface area contributed by atoms with E-state index in [9.17, 15) is 13.2 Å². The zero-order chi connectivity index (χ0) is 23.5. The van der Waals surface area contributed by atoms with Gasteiger partial charge < -0.3 is 5.32 Å². The summed E-state index contributed by atoms with van der Waals surface area (Å²) in [5.74, 6) is -0.312. The molecule has 1 amide bonds. The number of carbonyl (C=O) groups excluding carboxylic acids is 1. The maximum Gasteiger partial charge on any atom is 0.264 e. The molecule has 0 aliphatic carbocycles. The third kappa shape index (κ3) is 5.26.